The van der Waals surface area contributed by atoms with Crippen LogP contribution in [0.3, 0.4) is 0 Å². The molecule has 8 heteroatoms. The molecule has 1 amide bonds. The van der Waals surface area contributed by atoms with E-state index in [9.17, 15) is 9.59 Å². The summed E-state index contributed by atoms with van der Waals surface area (Å²) in [4.78, 5) is 25.3. The summed E-state index contributed by atoms with van der Waals surface area (Å²) < 4.78 is 0. The summed E-state index contributed by atoms with van der Waals surface area (Å²) in [5.41, 5.74) is 0.473. The van der Waals surface area contributed by atoms with E-state index in [0.717, 1.165) is 0 Å². The van der Waals surface area contributed by atoms with Gasteiger partial charge in [0.15, 0.2) is 0 Å². The first-order chi connectivity index (χ1) is 9.38. The highest BCUT2D eigenvalue weighted by Gasteiger charge is 2.14. The topological polar surface area (TPSA) is 82.2 Å². The minimum Gasteiger partial charge on any atom is -0.478 e. The molecule has 0 aliphatic rings. The van der Waals surface area contributed by atoms with Crippen LogP contribution in [0.5, 0.6) is 0 Å². The maximum atomic E-state index is 11.9. The third-order valence-corrected chi connectivity index (χ3v) is 3.44. The van der Waals surface area contributed by atoms with Gasteiger partial charge in [-0.3, -0.25) is 4.79 Å². The van der Waals surface area contributed by atoms with Crippen LogP contribution < -0.4 is 5.32 Å². The highest BCUT2D eigenvalue weighted by atomic mass is 35.5. The average molecular weight is 334 g/mol. The molecule has 1 aromatic heterocycles. The molecule has 2 aromatic rings. The van der Waals surface area contributed by atoms with E-state index in [2.05, 4.69) is 10.3 Å². The van der Waals surface area contributed by atoms with Crippen LogP contribution in [-0.2, 0) is 0 Å². The average Bonchev–Trinajstić information content (AvgIpc) is 2.72. The number of carbonyl (C=O) groups excluding carboxylic acids is 1. The summed E-state index contributed by atoms with van der Waals surface area (Å²) in [7, 11) is 0. The maximum Gasteiger partial charge on any atom is 0.335 e. The number of amides is 1. The lowest BCUT2D eigenvalue weighted by Crippen LogP contribution is -2.12. The number of anilines is 1. The quantitative estimate of drug-likeness (QED) is 0.796. The molecule has 1 aromatic carbocycles. The first-order valence-corrected chi connectivity index (χ1v) is 6.40. The molecular weight excluding hydrogens is 327 g/mol. The molecule has 0 saturated heterocycles. The number of aromatic carboxylic acids is 1. The highest BCUT2D eigenvalue weighted by Crippen LogP contribution is 2.25. The number of nitrogens with one attached hydrogen (secondary N) is 2. The van der Waals surface area contributed by atoms with Crippen LogP contribution >= 0.6 is 34.8 Å². The van der Waals surface area contributed by atoms with Gasteiger partial charge in [-0.05, 0) is 24.3 Å². The van der Waals surface area contributed by atoms with Crippen LogP contribution in [-0.4, -0.2) is 22.0 Å². The van der Waals surface area contributed by atoms with E-state index in [0.29, 0.717) is 0 Å². The standard InChI is InChI=1S/C12H7Cl3N2O3/c13-6-3-5(12(19)20)1-2-8(6)17-11(18)9-4-7(14)10(15)16-9/h1-4,16H,(H,17,18)(H,19,20). The van der Waals surface area contributed by atoms with Crippen LogP contribution in [0, 0.1) is 0 Å². The summed E-state index contributed by atoms with van der Waals surface area (Å²) in [6.07, 6.45) is 0. The largest absolute Gasteiger partial charge is 0.478 e. The Morgan fingerprint density at radius 2 is 1.80 bits per heavy atom. The summed E-state index contributed by atoms with van der Waals surface area (Å²) in [5.74, 6) is -1.60. The zero-order valence-electron chi connectivity index (χ0n) is 9.71. The first kappa shape index (κ1) is 14.7. The first-order valence-electron chi connectivity index (χ1n) is 5.26. The monoisotopic (exact) mass is 332 g/mol. The Morgan fingerprint density at radius 1 is 1.10 bits per heavy atom. The van der Waals surface area contributed by atoms with E-state index in [-0.39, 0.29) is 32.1 Å². The van der Waals surface area contributed by atoms with Crippen molar-refractivity contribution in [1.82, 2.24) is 4.98 Å². The second-order valence-electron chi connectivity index (χ2n) is 3.80. The number of halogens is 3. The number of aromatic amines is 1. The van der Waals surface area contributed by atoms with Gasteiger partial charge < -0.3 is 15.4 Å². The minimum atomic E-state index is -1.10. The molecule has 0 atom stereocenters. The van der Waals surface area contributed by atoms with Crippen molar-refractivity contribution < 1.29 is 14.7 Å². The van der Waals surface area contributed by atoms with Crippen molar-refractivity contribution in [2.75, 3.05) is 5.32 Å². The predicted molar refractivity (Wildman–Crippen MR) is 77.2 cm³/mol. The van der Waals surface area contributed by atoms with E-state index in [1.54, 1.807) is 0 Å². The van der Waals surface area contributed by atoms with Crippen LogP contribution in [0.15, 0.2) is 24.3 Å². The van der Waals surface area contributed by atoms with Crippen molar-refractivity contribution in [3.05, 3.63) is 50.7 Å². The Balaban J connectivity index is 2.21. The number of hydrogen-bond acceptors (Lipinski definition) is 2. The van der Waals surface area contributed by atoms with Gasteiger partial charge in [0, 0.05) is 0 Å². The molecule has 3 N–H and O–H groups in total. The predicted octanol–water partition coefficient (Wildman–Crippen LogP) is 3.93. The summed E-state index contributed by atoms with van der Waals surface area (Å²) in [6.45, 7) is 0. The van der Waals surface area contributed by atoms with Gasteiger partial charge in [-0.15, -0.1) is 0 Å². The van der Waals surface area contributed by atoms with Crippen LogP contribution in [0.2, 0.25) is 15.2 Å². The third kappa shape index (κ3) is 3.07. The van der Waals surface area contributed by atoms with Gasteiger partial charge in [0.1, 0.15) is 10.8 Å². The number of carboxylic acid groups (broad SMARTS) is 1. The van der Waals surface area contributed by atoms with Gasteiger partial charge in [0.25, 0.3) is 5.91 Å². The fraction of sp³-hybridized carbons (Fsp3) is 0. The molecule has 0 bridgehead atoms. The number of carbonyl (C=O) groups is 2. The number of rotatable bonds is 3. The number of hydrogen-bond donors (Lipinski definition) is 3. The molecular formula is C12H7Cl3N2O3. The van der Waals surface area contributed by atoms with Gasteiger partial charge >= 0.3 is 5.97 Å². The maximum absolute atomic E-state index is 11.9. The molecule has 0 fully saturated rings. The third-order valence-electron chi connectivity index (χ3n) is 2.43. The van der Waals surface area contributed by atoms with E-state index in [4.69, 9.17) is 39.9 Å². The molecule has 20 heavy (non-hydrogen) atoms. The van der Waals surface area contributed by atoms with Crippen LogP contribution in [0.4, 0.5) is 5.69 Å². The lowest BCUT2D eigenvalue weighted by atomic mass is 10.2. The molecule has 2 rings (SSSR count). The molecule has 0 aliphatic carbocycles. The Kier molecular flexibility index (Phi) is 4.23. The van der Waals surface area contributed by atoms with E-state index >= 15 is 0 Å². The number of benzene rings is 1. The van der Waals surface area contributed by atoms with E-state index in [1.807, 2.05) is 0 Å². The van der Waals surface area contributed by atoms with Gasteiger partial charge in [0.05, 0.1) is 21.3 Å². The molecule has 0 radical (unpaired) electrons. The Labute approximate surface area is 128 Å². The smallest absolute Gasteiger partial charge is 0.335 e. The highest BCUT2D eigenvalue weighted by molar-refractivity contribution is 6.41. The van der Waals surface area contributed by atoms with E-state index in [1.165, 1.54) is 24.3 Å². The number of H-pyrrole nitrogens is 1. The van der Waals surface area contributed by atoms with Crippen molar-refractivity contribution in [2.45, 2.75) is 0 Å². The molecule has 0 saturated carbocycles. The number of carboxylic acids is 1. The molecule has 1 heterocycles. The summed E-state index contributed by atoms with van der Waals surface area (Å²) in [5, 5.41) is 11.8. The zero-order chi connectivity index (χ0) is 14.9. The van der Waals surface area contributed by atoms with Gasteiger partial charge in [-0.25, -0.2) is 4.79 Å². The van der Waals surface area contributed by atoms with Crippen LogP contribution in [0.25, 0.3) is 0 Å². The molecule has 0 spiro atoms. The van der Waals surface area contributed by atoms with Gasteiger partial charge in [-0.2, -0.15) is 0 Å². The number of aromatic nitrogens is 1. The minimum absolute atomic E-state index is 0.0268. The van der Waals surface area contributed by atoms with Crippen molar-refractivity contribution >= 4 is 52.4 Å². The van der Waals surface area contributed by atoms with Crippen molar-refractivity contribution in [1.29, 1.82) is 0 Å². The molecule has 0 aliphatic heterocycles. The molecule has 5 nitrogen and oxygen atoms in total. The summed E-state index contributed by atoms with van der Waals surface area (Å²) in [6, 6.07) is 5.35. The molecule has 104 valence electrons. The Bertz CT molecular complexity index is 678. The lowest BCUT2D eigenvalue weighted by molar-refractivity contribution is 0.0696. The second-order valence-corrected chi connectivity index (χ2v) is 4.99. The Hall–Kier alpha value is -1.69. The van der Waals surface area contributed by atoms with Crippen molar-refractivity contribution in [3.8, 4) is 0 Å². The van der Waals surface area contributed by atoms with Crippen molar-refractivity contribution in [2.24, 2.45) is 0 Å². The fourth-order valence-corrected chi connectivity index (χ4v) is 2.01. The fourth-order valence-electron chi connectivity index (χ4n) is 1.47. The summed E-state index contributed by atoms with van der Waals surface area (Å²) >= 11 is 17.3. The Morgan fingerprint density at radius 3 is 2.30 bits per heavy atom. The normalized spacial score (nSPS) is 10.3. The van der Waals surface area contributed by atoms with Crippen LogP contribution in [0.1, 0.15) is 20.8 Å². The van der Waals surface area contributed by atoms with Crippen molar-refractivity contribution in [3.63, 3.8) is 0 Å². The zero-order valence-corrected chi connectivity index (χ0v) is 12.0. The second kappa shape index (κ2) is 5.75. The van der Waals surface area contributed by atoms with E-state index < -0.39 is 11.9 Å². The lowest BCUT2D eigenvalue weighted by Gasteiger charge is -2.06. The molecule has 0 unspecified atom stereocenters. The van der Waals surface area contributed by atoms with Gasteiger partial charge in [0.2, 0.25) is 0 Å². The van der Waals surface area contributed by atoms with Gasteiger partial charge in [-0.1, -0.05) is 34.8 Å². The SMILES string of the molecule is O=C(O)c1ccc(NC(=O)c2cc(Cl)c(Cl)[nH]2)c(Cl)c1.